The van der Waals surface area contributed by atoms with Crippen LogP contribution in [-0.2, 0) is 17.8 Å². The second kappa shape index (κ2) is 9.62. The van der Waals surface area contributed by atoms with Gasteiger partial charge in [0.1, 0.15) is 11.5 Å². The van der Waals surface area contributed by atoms with Crippen LogP contribution in [0.15, 0.2) is 67.0 Å². The molecule has 3 aromatic rings. The van der Waals surface area contributed by atoms with Crippen molar-refractivity contribution in [3.63, 3.8) is 0 Å². The summed E-state index contributed by atoms with van der Waals surface area (Å²) in [6.45, 7) is 2.03. The van der Waals surface area contributed by atoms with Crippen molar-refractivity contribution in [3.05, 3.63) is 78.1 Å². The Morgan fingerprint density at radius 1 is 1.03 bits per heavy atom. The van der Waals surface area contributed by atoms with Gasteiger partial charge in [-0.3, -0.25) is 14.7 Å². The first-order valence-electron chi connectivity index (χ1n) is 10.4. The Morgan fingerprint density at radius 3 is 2.65 bits per heavy atom. The Bertz CT molecular complexity index is 1040. The number of carbonyl (C=O) groups excluding carboxylic acids is 1. The monoisotopic (exact) mass is 417 g/mol. The molecule has 1 N–H and O–H groups in total. The van der Waals surface area contributed by atoms with Crippen LogP contribution in [0, 0.1) is 0 Å². The lowest BCUT2D eigenvalue weighted by Crippen LogP contribution is -2.55. The average Bonchev–Trinajstić information content (AvgIpc) is 2.82. The van der Waals surface area contributed by atoms with Gasteiger partial charge in [-0.1, -0.05) is 24.3 Å². The molecule has 0 bridgehead atoms. The predicted molar refractivity (Wildman–Crippen MR) is 120 cm³/mol. The quantitative estimate of drug-likeness (QED) is 0.639. The number of carbonyl (C=O) groups is 1. The molecule has 0 saturated carbocycles. The van der Waals surface area contributed by atoms with Gasteiger partial charge < -0.3 is 14.8 Å². The van der Waals surface area contributed by atoms with E-state index in [0.29, 0.717) is 19.5 Å². The first-order valence-corrected chi connectivity index (χ1v) is 10.4. The predicted octanol–water partition coefficient (Wildman–Crippen LogP) is 3.31. The molecule has 0 radical (unpaired) electrons. The van der Waals surface area contributed by atoms with E-state index in [1.807, 2.05) is 36.4 Å². The van der Waals surface area contributed by atoms with Crippen LogP contribution in [0.25, 0.3) is 11.1 Å². The minimum atomic E-state index is -0.252. The second-order valence-electron chi connectivity index (χ2n) is 7.60. The van der Waals surface area contributed by atoms with Gasteiger partial charge in [0.25, 0.3) is 0 Å². The largest absolute Gasteiger partial charge is 0.497 e. The lowest BCUT2D eigenvalue weighted by atomic mass is 9.97. The van der Waals surface area contributed by atoms with Crippen molar-refractivity contribution in [1.29, 1.82) is 0 Å². The molecule has 0 aliphatic carbocycles. The number of benzene rings is 2. The third kappa shape index (κ3) is 4.86. The standard InChI is InChI=1S/C25H27N3O3/c1-30-22-6-7-24(31-2)21(16-22)17-28-13-12-27-25(29)23(28)15-18-4-3-5-20(14-18)19-8-10-26-11-9-19/h3-11,14,16,23H,12-13,15,17H2,1-2H3,(H,27,29)/t23-/m1/s1. The fraction of sp³-hybridized carbons (Fsp3) is 0.280. The highest BCUT2D eigenvalue weighted by atomic mass is 16.5. The van der Waals surface area contributed by atoms with Gasteiger partial charge in [0, 0.05) is 37.6 Å². The highest BCUT2D eigenvalue weighted by Crippen LogP contribution is 2.27. The molecule has 6 nitrogen and oxygen atoms in total. The van der Waals surface area contributed by atoms with E-state index in [1.54, 1.807) is 26.6 Å². The molecular weight excluding hydrogens is 390 g/mol. The number of nitrogens with zero attached hydrogens (tertiary/aromatic N) is 2. The van der Waals surface area contributed by atoms with Crippen molar-refractivity contribution in [2.45, 2.75) is 19.0 Å². The number of hydrogen-bond acceptors (Lipinski definition) is 5. The summed E-state index contributed by atoms with van der Waals surface area (Å²) in [5.74, 6) is 1.63. The van der Waals surface area contributed by atoms with Gasteiger partial charge >= 0.3 is 0 Å². The minimum absolute atomic E-state index is 0.0578. The Morgan fingerprint density at radius 2 is 1.87 bits per heavy atom. The zero-order valence-electron chi connectivity index (χ0n) is 17.9. The van der Waals surface area contributed by atoms with Crippen molar-refractivity contribution in [1.82, 2.24) is 15.2 Å². The summed E-state index contributed by atoms with van der Waals surface area (Å²) in [7, 11) is 3.31. The number of piperazine rings is 1. The summed E-state index contributed by atoms with van der Waals surface area (Å²) in [5.41, 5.74) is 4.37. The van der Waals surface area contributed by atoms with Crippen molar-refractivity contribution in [3.8, 4) is 22.6 Å². The Kier molecular flexibility index (Phi) is 6.48. The molecule has 4 rings (SSSR count). The lowest BCUT2D eigenvalue weighted by molar-refractivity contribution is -0.129. The van der Waals surface area contributed by atoms with Crippen LogP contribution in [0.1, 0.15) is 11.1 Å². The summed E-state index contributed by atoms with van der Waals surface area (Å²) in [6.07, 6.45) is 4.22. The van der Waals surface area contributed by atoms with Crippen molar-refractivity contribution in [2.75, 3.05) is 27.3 Å². The molecule has 160 valence electrons. The van der Waals surface area contributed by atoms with E-state index in [0.717, 1.165) is 40.3 Å². The number of hydrogen-bond donors (Lipinski definition) is 1. The zero-order valence-corrected chi connectivity index (χ0v) is 17.9. The molecule has 1 fully saturated rings. The number of amides is 1. The number of pyridine rings is 1. The molecule has 1 saturated heterocycles. The van der Waals surface area contributed by atoms with E-state index in [1.165, 1.54) is 0 Å². The van der Waals surface area contributed by atoms with Crippen molar-refractivity contribution < 1.29 is 14.3 Å². The highest BCUT2D eigenvalue weighted by Gasteiger charge is 2.30. The fourth-order valence-corrected chi connectivity index (χ4v) is 4.04. The molecule has 1 atom stereocenters. The highest BCUT2D eigenvalue weighted by molar-refractivity contribution is 5.83. The molecule has 1 aliphatic rings. The van der Waals surface area contributed by atoms with Crippen LogP contribution in [0.5, 0.6) is 11.5 Å². The Labute approximate surface area is 182 Å². The Balaban J connectivity index is 1.57. The first kappa shape index (κ1) is 20.9. The van der Waals surface area contributed by atoms with E-state index in [4.69, 9.17) is 9.47 Å². The third-order valence-electron chi connectivity index (χ3n) is 5.67. The van der Waals surface area contributed by atoms with Gasteiger partial charge in [-0.2, -0.15) is 0 Å². The lowest BCUT2D eigenvalue weighted by Gasteiger charge is -2.35. The SMILES string of the molecule is COc1ccc(OC)c(CN2CCNC(=O)[C@H]2Cc2cccc(-c3ccncc3)c2)c1. The van der Waals surface area contributed by atoms with Gasteiger partial charge in [0.2, 0.25) is 5.91 Å². The molecule has 2 aromatic carbocycles. The molecule has 0 unspecified atom stereocenters. The van der Waals surface area contributed by atoms with Gasteiger partial charge in [0.15, 0.2) is 0 Å². The third-order valence-corrected chi connectivity index (χ3v) is 5.67. The summed E-state index contributed by atoms with van der Waals surface area (Å²) in [5, 5.41) is 3.02. The normalized spacial score (nSPS) is 16.6. The number of aromatic nitrogens is 1. The fourth-order valence-electron chi connectivity index (χ4n) is 4.04. The van der Waals surface area contributed by atoms with Crippen molar-refractivity contribution >= 4 is 5.91 Å². The topological polar surface area (TPSA) is 63.7 Å². The van der Waals surface area contributed by atoms with Crippen LogP contribution in [0.3, 0.4) is 0 Å². The molecule has 0 spiro atoms. The van der Waals surface area contributed by atoms with Gasteiger partial charge in [-0.25, -0.2) is 0 Å². The van der Waals surface area contributed by atoms with Gasteiger partial charge in [-0.15, -0.1) is 0 Å². The minimum Gasteiger partial charge on any atom is -0.497 e. The molecular formula is C25H27N3O3. The Hall–Kier alpha value is -3.38. The molecule has 1 aliphatic heterocycles. The van der Waals surface area contributed by atoms with Crippen LogP contribution < -0.4 is 14.8 Å². The maximum Gasteiger partial charge on any atom is 0.237 e. The van der Waals surface area contributed by atoms with E-state index in [-0.39, 0.29) is 11.9 Å². The van der Waals surface area contributed by atoms with E-state index >= 15 is 0 Å². The summed E-state index contributed by atoms with van der Waals surface area (Å²) >= 11 is 0. The maximum atomic E-state index is 12.8. The molecule has 31 heavy (non-hydrogen) atoms. The number of nitrogens with one attached hydrogen (secondary N) is 1. The van der Waals surface area contributed by atoms with Crippen LogP contribution in [0.2, 0.25) is 0 Å². The summed E-state index contributed by atoms with van der Waals surface area (Å²) in [4.78, 5) is 19.1. The smallest absolute Gasteiger partial charge is 0.237 e. The molecule has 1 amide bonds. The zero-order chi connectivity index (χ0) is 21.6. The number of ether oxygens (including phenoxy) is 2. The first-order chi connectivity index (χ1) is 15.2. The van der Waals surface area contributed by atoms with Crippen LogP contribution in [-0.4, -0.2) is 49.1 Å². The van der Waals surface area contributed by atoms with E-state index < -0.39 is 0 Å². The van der Waals surface area contributed by atoms with Gasteiger partial charge in [0.05, 0.1) is 20.3 Å². The van der Waals surface area contributed by atoms with E-state index in [2.05, 4.69) is 33.4 Å². The number of methoxy groups -OCH3 is 2. The number of rotatable bonds is 7. The summed E-state index contributed by atoms with van der Waals surface area (Å²) in [6, 6.07) is 17.9. The maximum absolute atomic E-state index is 12.8. The van der Waals surface area contributed by atoms with Crippen LogP contribution in [0.4, 0.5) is 0 Å². The van der Waals surface area contributed by atoms with E-state index in [9.17, 15) is 4.79 Å². The molecule has 2 heterocycles. The van der Waals surface area contributed by atoms with Crippen molar-refractivity contribution in [2.24, 2.45) is 0 Å². The molecule has 6 heteroatoms. The van der Waals surface area contributed by atoms with Crippen LogP contribution >= 0.6 is 0 Å². The average molecular weight is 418 g/mol. The second-order valence-corrected chi connectivity index (χ2v) is 7.60. The summed E-state index contributed by atoms with van der Waals surface area (Å²) < 4.78 is 10.9. The molecule has 1 aromatic heterocycles. The van der Waals surface area contributed by atoms with Gasteiger partial charge in [-0.05, 0) is 53.4 Å².